The Labute approximate surface area is 120 Å². The van der Waals surface area contributed by atoms with E-state index in [1.54, 1.807) is 0 Å². The number of hydrogen-bond donors (Lipinski definition) is 3. The van der Waals surface area contributed by atoms with Crippen LogP contribution in [0, 0.1) is 17.8 Å². The number of carbonyl (C=O) groups is 3. The Morgan fingerprint density at radius 2 is 1.65 bits per heavy atom. The maximum absolute atomic E-state index is 12.0. The molecule has 0 radical (unpaired) electrons. The number of nitrogens with one attached hydrogen (secondary N) is 2. The lowest BCUT2D eigenvalue weighted by atomic mass is 9.96. The number of carboxylic acids is 1. The lowest BCUT2D eigenvalue weighted by Gasteiger charge is -2.22. The highest BCUT2D eigenvalue weighted by Crippen LogP contribution is 2.11. The zero-order valence-corrected chi connectivity index (χ0v) is 12.9. The number of carbonyl (C=O) groups excluding carboxylic acids is 2. The van der Waals surface area contributed by atoms with Gasteiger partial charge in [0.15, 0.2) is 0 Å². The van der Waals surface area contributed by atoms with Crippen molar-refractivity contribution in [2.75, 3.05) is 6.54 Å². The fourth-order valence-corrected chi connectivity index (χ4v) is 1.93. The number of rotatable bonds is 8. The summed E-state index contributed by atoms with van der Waals surface area (Å²) >= 11 is 0. The van der Waals surface area contributed by atoms with Gasteiger partial charge in [0, 0.05) is 13.5 Å². The third-order valence-corrected chi connectivity index (χ3v) is 2.94. The second-order valence-corrected chi connectivity index (χ2v) is 5.83. The Hall–Kier alpha value is -1.59. The van der Waals surface area contributed by atoms with Crippen LogP contribution in [-0.2, 0) is 14.4 Å². The lowest BCUT2D eigenvalue weighted by molar-refractivity contribution is -0.142. The summed E-state index contributed by atoms with van der Waals surface area (Å²) in [6.07, 6.45) is 0.502. The number of aliphatic carboxylic acids is 1. The van der Waals surface area contributed by atoms with Gasteiger partial charge in [-0.15, -0.1) is 0 Å². The van der Waals surface area contributed by atoms with E-state index in [2.05, 4.69) is 10.6 Å². The third kappa shape index (κ3) is 7.11. The van der Waals surface area contributed by atoms with Crippen LogP contribution in [0.1, 0.15) is 41.0 Å². The van der Waals surface area contributed by atoms with Gasteiger partial charge < -0.3 is 15.7 Å². The molecule has 0 aromatic heterocycles. The minimum Gasteiger partial charge on any atom is -0.481 e. The van der Waals surface area contributed by atoms with Crippen LogP contribution in [0.3, 0.4) is 0 Å². The van der Waals surface area contributed by atoms with E-state index in [9.17, 15) is 14.4 Å². The molecular weight excluding hydrogens is 260 g/mol. The summed E-state index contributed by atoms with van der Waals surface area (Å²) in [5, 5.41) is 14.3. The molecule has 0 fully saturated rings. The molecule has 0 spiro atoms. The average molecular weight is 286 g/mol. The van der Waals surface area contributed by atoms with Gasteiger partial charge in [-0.05, 0) is 18.3 Å². The number of carboxylic acid groups (broad SMARTS) is 1. The predicted molar refractivity (Wildman–Crippen MR) is 76.0 cm³/mol. The predicted octanol–water partition coefficient (Wildman–Crippen LogP) is 1.01. The molecule has 3 N–H and O–H groups in total. The Bertz CT molecular complexity index is 353. The average Bonchev–Trinajstić information content (AvgIpc) is 2.29. The molecule has 0 heterocycles. The zero-order valence-electron chi connectivity index (χ0n) is 12.9. The van der Waals surface area contributed by atoms with Gasteiger partial charge in [0.05, 0.1) is 5.92 Å². The van der Waals surface area contributed by atoms with Gasteiger partial charge >= 0.3 is 5.97 Å². The van der Waals surface area contributed by atoms with Crippen LogP contribution in [0.2, 0.25) is 0 Å². The first-order chi connectivity index (χ1) is 9.15. The molecule has 0 saturated heterocycles. The van der Waals surface area contributed by atoms with Crippen LogP contribution in [0.5, 0.6) is 0 Å². The monoisotopic (exact) mass is 286 g/mol. The van der Waals surface area contributed by atoms with Gasteiger partial charge in [-0.25, -0.2) is 0 Å². The van der Waals surface area contributed by atoms with Crippen molar-refractivity contribution in [2.24, 2.45) is 17.8 Å². The molecule has 0 aliphatic rings. The van der Waals surface area contributed by atoms with Gasteiger partial charge in [0.25, 0.3) is 0 Å². The van der Waals surface area contributed by atoms with Crippen LogP contribution in [-0.4, -0.2) is 35.5 Å². The van der Waals surface area contributed by atoms with Crippen molar-refractivity contribution >= 4 is 17.8 Å². The molecule has 0 aromatic rings. The van der Waals surface area contributed by atoms with Crippen LogP contribution < -0.4 is 10.6 Å². The lowest BCUT2D eigenvalue weighted by Crippen LogP contribution is -2.50. The van der Waals surface area contributed by atoms with Gasteiger partial charge in [0.2, 0.25) is 11.8 Å². The van der Waals surface area contributed by atoms with Crippen molar-refractivity contribution in [1.82, 2.24) is 10.6 Å². The summed E-state index contributed by atoms with van der Waals surface area (Å²) in [5.41, 5.74) is 0. The molecule has 0 aliphatic heterocycles. The van der Waals surface area contributed by atoms with Gasteiger partial charge in [-0.3, -0.25) is 14.4 Å². The summed E-state index contributed by atoms with van der Waals surface area (Å²) in [6.45, 7) is 8.95. The van der Waals surface area contributed by atoms with E-state index < -0.39 is 17.9 Å². The molecule has 116 valence electrons. The molecule has 0 aliphatic carbocycles. The van der Waals surface area contributed by atoms with Gasteiger partial charge in [-0.1, -0.05) is 27.7 Å². The molecule has 0 aromatic carbocycles. The molecule has 2 atom stereocenters. The normalized spacial score (nSPS) is 13.9. The van der Waals surface area contributed by atoms with Gasteiger partial charge in [-0.2, -0.15) is 0 Å². The first kappa shape index (κ1) is 18.4. The largest absolute Gasteiger partial charge is 0.481 e. The number of amides is 2. The molecule has 2 amide bonds. The quantitative estimate of drug-likeness (QED) is 0.620. The van der Waals surface area contributed by atoms with E-state index in [4.69, 9.17) is 5.11 Å². The molecule has 6 nitrogen and oxygen atoms in total. The van der Waals surface area contributed by atoms with E-state index in [0.717, 1.165) is 0 Å². The topological polar surface area (TPSA) is 95.5 Å². The first-order valence-electron chi connectivity index (χ1n) is 6.92. The minimum atomic E-state index is -0.917. The van der Waals surface area contributed by atoms with Crippen molar-refractivity contribution in [1.29, 1.82) is 0 Å². The highest BCUT2D eigenvalue weighted by molar-refractivity contribution is 5.87. The third-order valence-electron chi connectivity index (χ3n) is 2.94. The van der Waals surface area contributed by atoms with Crippen LogP contribution in [0.15, 0.2) is 0 Å². The Morgan fingerprint density at radius 3 is 2.00 bits per heavy atom. The van der Waals surface area contributed by atoms with E-state index >= 15 is 0 Å². The second-order valence-electron chi connectivity index (χ2n) is 5.83. The van der Waals surface area contributed by atoms with E-state index in [1.807, 2.05) is 27.7 Å². The summed E-state index contributed by atoms with van der Waals surface area (Å²) in [4.78, 5) is 34.2. The van der Waals surface area contributed by atoms with Crippen molar-refractivity contribution < 1.29 is 19.5 Å². The van der Waals surface area contributed by atoms with Crippen LogP contribution >= 0.6 is 0 Å². The molecule has 2 unspecified atom stereocenters. The smallest absolute Gasteiger partial charge is 0.308 e. The standard InChI is InChI=1S/C14H26N2O4/c1-8(2)6-11(14(19)20)7-15-13(18)12(9(3)4)16-10(5)17/h8-9,11-12H,6-7H2,1-5H3,(H,15,18)(H,16,17)(H,19,20). The first-order valence-corrected chi connectivity index (χ1v) is 6.92. The highest BCUT2D eigenvalue weighted by Gasteiger charge is 2.25. The number of hydrogen-bond acceptors (Lipinski definition) is 3. The molecule has 20 heavy (non-hydrogen) atoms. The van der Waals surface area contributed by atoms with Crippen molar-refractivity contribution in [2.45, 2.75) is 47.1 Å². The maximum atomic E-state index is 12.0. The molecule has 6 heteroatoms. The Morgan fingerprint density at radius 1 is 1.10 bits per heavy atom. The Kier molecular flexibility index (Phi) is 7.87. The van der Waals surface area contributed by atoms with Crippen molar-refractivity contribution in [3.8, 4) is 0 Å². The summed E-state index contributed by atoms with van der Waals surface area (Å²) < 4.78 is 0. The maximum Gasteiger partial charge on any atom is 0.308 e. The minimum absolute atomic E-state index is 0.0627. The summed E-state index contributed by atoms with van der Waals surface area (Å²) in [7, 11) is 0. The van der Waals surface area contributed by atoms with Crippen LogP contribution in [0.25, 0.3) is 0 Å². The molecular formula is C14H26N2O4. The van der Waals surface area contributed by atoms with E-state index in [-0.39, 0.29) is 30.2 Å². The van der Waals surface area contributed by atoms with Gasteiger partial charge in [0.1, 0.15) is 6.04 Å². The Balaban J connectivity index is 4.55. The van der Waals surface area contributed by atoms with E-state index in [0.29, 0.717) is 6.42 Å². The van der Waals surface area contributed by atoms with Crippen molar-refractivity contribution in [3.63, 3.8) is 0 Å². The molecule has 0 bridgehead atoms. The second kappa shape index (κ2) is 8.55. The fraction of sp³-hybridized carbons (Fsp3) is 0.786. The van der Waals surface area contributed by atoms with Crippen molar-refractivity contribution in [3.05, 3.63) is 0 Å². The fourth-order valence-electron chi connectivity index (χ4n) is 1.93. The molecule has 0 rings (SSSR count). The van der Waals surface area contributed by atoms with E-state index in [1.165, 1.54) is 6.92 Å². The SMILES string of the molecule is CC(=O)NC(C(=O)NCC(CC(C)C)C(=O)O)C(C)C. The molecule has 0 saturated carbocycles. The summed E-state index contributed by atoms with van der Waals surface area (Å²) in [6, 6.07) is -0.638. The summed E-state index contributed by atoms with van der Waals surface area (Å²) in [5.74, 6) is -1.97. The highest BCUT2D eigenvalue weighted by atomic mass is 16.4. The van der Waals surface area contributed by atoms with Crippen LogP contribution in [0.4, 0.5) is 0 Å². The zero-order chi connectivity index (χ0) is 15.9.